The number of carbonyl (C=O) groups excluding carboxylic acids is 1. The molecule has 2 aromatic rings. The minimum absolute atomic E-state index is 0.000424. The second kappa shape index (κ2) is 8.92. The molecule has 5 nitrogen and oxygen atoms in total. The number of benzene rings is 2. The molecule has 3 rings (SSSR count). The Morgan fingerprint density at radius 1 is 1.04 bits per heavy atom. The van der Waals surface area contributed by atoms with Gasteiger partial charge < -0.3 is 10.1 Å². The highest BCUT2D eigenvalue weighted by Crippen LogP contribution is 2.16. The van der Waals surface area contributed by atoms with Crippen molar-refractivity contribution in [3.8, 4) is 5.75 Å². The molecule has 0 spiro atoms. The van der Waals surface area contributed by atoms with E-state index < -0.39 is 11.6 Å². The van der Waals surface area contributed by atoms with Gasteiger partial charge in [0.15, 0.2) is 0 Å². The third-order valence-corrected chi connectivity index (χ3v) is 4.60. The van der Waals surface area contributed by atoms with Gasteiger partial charge in [-0.25, -0.2) is 8.78 Å². The fraction of sp³-hybridized carbons (Fsp3) is 0.350. The van der Waals surface area contributed by atoms with Crippen molar-refractivity contribution in [2.24, 2.45) is 0 Å². The molecule has 1 aliphatic rings. The number of amides is 1. The standard InChI is InChI=1S/C20H23F2N3O2/c1-27-17-5-2-15(3-6-17)13-24-8-10-25(11-9-24)14-20(26)23-19-7-4-16(21)12-18(19)22/h2-7,12H,8-11,13-14H2,1H3,(H,23,26). The van der Waals surface area contributed by atoms with Crippen LogP contribution in [0.3, 0.4) is 0 Å². The number of ether oxygens (including phenoxy) is 1. The van der Waals surface area contributed by atoms with Crippen molar-refractivity contribution in [3.63, 3.8) is 0 Å². The average molecular weight is 375 g/mol. The number of halogens is 2. The SMILES string of the molecule is COc1ccc(CN2CCN(CC(=O)Nc3ccc(F)cc3F)CC2)cc1. The lowest BCUT2D eigenvalue weighted by Crippen LogP contribution is -2.48. The summed E-state index contributed by atoms with van der Waals surface area (Å²) in [5, 5.41) is 2.50. The minimum Gasteiger partial charge on any atom is -0.497 e. The molecule has 27 heavy (non-hydrogen) atoms. The van der Waals surface area contributed by atoms with Gasteiger partial charge >= 0.3 is 0 Å². The molecule has 1 amide bonds. The van der Waals surface area contributed by atoms with Gasteiger partial charge in [0, 0.05) is 38.8 Å². The van der Waals surface area contributed by atoms with Gasteiger partial charge in [-0.05, 0) is 29.8 Å². The average Bonchev–Trinajstić information content (AvgIpc) is 2.66. The quantitative estimate of drug-likeness (QED) is 0.843. The molecule has 144 valence electrons. The molecule has 0 aromatic heterocycles. The van der Waals surface area contributed by atoms with Crippen LogP contribution in [0.15, 0.2) is 42.5 Å². The zero-order valence-electron chi connectivity index (χ0n) is 15.3. The Kier molecular flexibility index (Phi) is 6.36. The van der Waals surface area contributed by atoms with E-state index in [1.54, 1.807) is 7.11 Å². The van der Waals surface area contributed by atoms with Crippen LogP contribution in [-0.2, 0) is 11.3 Å². The third-order valence-electron chi connectivity index (χ3n) is 4.60. The van der Waals surface area contributed by atoms with Gasteiger partial charge in [0.2, 0.25) is 5.91 Å². The van der Waals surface area contributed by atoms with Crippen LogP contribution in [0.1, 0.15) is 5.56 Å². The first-order chi connectivity index (χ1) is 13.0. The topological polar surface area (TPSA) is 44.8 Å². The molecule has 0 atom stereocenters. The van der Waals surface area contributed by atoms with Gasteiger partial charge in [0.25, 0.3) is 0 Å². The van der Waals surface area contributed by atoms with Crippen LogP contribution in [0.25, 0.3) is 0 Å². The highest BCUT2D eigenvalue weighted by atomic mass is 19.1. The van der Waals surface area contributed by atoms with E-state index in [2.05, 4.69) is 22.3 Å². The Balaban J connectivity index is 1.44. The fourth-order valence-electron chi connectivity index (χ4n) is 3.08. The molecule has 1 aliphatic heterocycles. The maximum absolute atomic E-state index is 13.6. The number of piperazine rings is 1. The maximum atomic E-state index is 13.6. The zero-order valence-corrected chi connectivity index (χ0v) is 15.3. The number of hydrogen-bond donors (Lipinski definition) is 1. The molecule has 1 N–H and O–H groups in total. The normalized spacial score (nSPS) is 15.5. The number of nitrogens with zero attached hydrogens (tertiary/aromatic N) is 2. The summed E-state index contributed by atoms with van der Waals surface area (Å²) in [6.45, 7) is 4.26. The largest absolute Gasteiger partial charge is 0.497 e. The molecule has 0 aliphatic carbocycles. The van der Waals surface area contributed by atoms with E-state index in [0.717, 1.165) is 50.6 Å². The number of rotatable bonds is 6. The summed E-state index contributed by atoms with van der Waals surface area (Å²) in [6.07, 6.45) is 0. The van der Waals surface area contributed by atoms with Gasteiger partial charge in [-0.1, -0.05) is 12.1 Å². The van der Waals surface area contributed by atoms with Crippen LogP contribution in [0, 0.1) is 11.6 Å². The van der Waals surface area contributed by atoms with Crippen molar-refractivity contribution in [1.82, 2.24) is 9.80 Å². The zero-order chi connectivity index (χ0) is 19.2. The summed E-state index contributed by atoms with van der Waals surface area (Å²) in [5.74, 6) is -0.901. The molecule has 0 unspecified atom stereocenters. The third kappa shape index (κ3) is 5.48. The van der Waals surface area contributed by atoms with Gasteiger partial charge in [-0.2, -0.15) is 0 Å². The van der Waals surface area contributed by atoms with Gasteiger partial charge in [0.05, 0.1) is 19.3 Å². The van der Waals surface area contributed by atoms with E-state index in [-0.39, 0.29) is 18.1 Å². The summed E-state index contributed by atoms with van der Waals surface area (Å²) < 4.78 is 31.7. The first-order valence-electron chi connectivity index (χ1n) is 8.86. The Hall–Kier alpha value is -2.51. The molecule has 7 heteroatoms. The van der Waals surface area contributed by atoms with Crippen molar-refractivity contribution < 1.29 is 18.3 Å². The van der Waals surface area contributed by atoms with Crippen LogP contribution in [0.5, 0.6) is 5.75 Å². The lowest BCUT2D eigenvalue weighted by molar-refractivity contribution is -0.117. The summed E-state index contributed by atoms with van der Waals surface area (Å²) >= 11 is 0. The van der Waals surface area contributed by atoms with E-state index in [1.807, 2.05) is 17.0 Å². The predicted molar refractivity (Wildman–Crippen MR) is 99.7 cm³/mol. The van der Waals surface area contributed by atoms with Crippen molar-refractivity contribution in [1.29, 1.82) is 0 Å². The second-order valence-corrected chi connectivity index (χ2v) is 6.57. The van der Waals surface area contributed by atoms with E-state index in [9.17, 15) is 13.6 Å². The summed E-state index contributed by atoms with van der Waals surface area (Å²) in [7, 11) is 1.65. The maximum Gasteiger partial charge on any atom is 0.238 e. The number of methoxy groups -OCH3 is 1. The summed E-state index contributed by atoms with van der Waals surface area (Å²) in [5.41, 5.74) is 1.22. The van der Waals surface area contributed by atoms with E-state index in [0.29, 0.717) is 0 Å². The number of carbonyl (C=O) groups is 1. The summed E-state index contributed by atoms with van der Waals surface area (Å²) in [4.78, 5) is 16.5. The highest BCUT2D eigenvalue weighted by molar-refractivity contribution is 5.92. The van der Waals surface area contributed by atoms with Gasteiger partial charge in [-0.15, -0.1) is 0 Å². The smallest absolute Gasteiger partial charge is 0.238 e. The number of anilines is 1. The van der Waals surface area contributed by atoms with Gasteiger partial charge in [-0.3, -0.25) is 14.6 Å². The number of nitrogens with one attached hydrogen (secondary N) is 1. The van der Waals surface area contributed by atoms with Crippen LogP contribution < -0.4 is 10.1 Å². The summed E-state index contributed by atoms with van der Waals surface area (Å²) in [6, 6.07) is 11.1. The Bertz CT molecular complexity index is 775. The monoisotopic (exact) mass is 375 g/mol. The lowest BCUT2D eigenvalue weighted by Gasteiger charge is -2.34. The van der Waals surface area contributed by atoms with Crippen LogP contribution in [0.4, 0.5) is 14.5 Å². The first kappa shape index (κ1) is 19.3. The van der Waals surface area contributed by atoms with E-state index in [4.69, 9.17) is 4.74 Å². The molecule has 0 radical (unpaired) electrons. The van der Waals surface area contributed by atoms with Crippen LogP contribution in [0.2, 0.25) is 0 Å². The first-order valence-corrected chi connectivity index (χ1v) is 8.86. The Labute approximate surface area is 157 Å². The van der Waals surface area contributed by atoms with Crippen LogP contribution >= 0.6 is 0 Å². The molecule has 1 fully saturated rings. The van der Waals surface area contributed by atoms with Gasteiger partial charge in [0.1, 0.15) is 17.4 Å². The second-order valence-electron chi connectivity index (χ2n) is 6.57. The highest BCUT2D eigenvalue weighted by Gasteiger charge is 2.19. The molecular weight excluding hydrogens is 352 g/mol. The van der Waals surface area contributed by atoms with Crippen molar-refractivity contribution in [3.05, 3.63) is 59.7 Å². The molecule has 0 saturated carbocycles. The van der Waals surface area contributed by atoms with E-state index >= 15 is 0 Å². The van der Waals surface area contributed by atoms with Crippen molar-refractivity contribution in [2.45, 2.75) is 6.54 Å². The number of hydrogen-bond acceptors (Lipinski definition) is 4. The fourth-order valence-corrected chi connectivity index (χ4v) is 3.08. The lowest BCUT2D eigenvalue weighted by atomic mass is 10.2. The molecule has 2 aromatic carbocycles. The molecule has 1 heterocycles. The minimum atomic E-state index is -0.771. The van der Waals surface area contributed by atoms with Crippen molar-refractivity contribution in [2.75, 3.05) is 45.2 Å². The molecule has 0 bridgehead atoms. The van der Waals surface area contributed by atoms with Crippen molar-refractivity contribution >= 4 is 11.6 Å². The van der Waals surface area contributed by atoms with E-state index in [1.165, 1.54) is 11.6 Å². The predicted octanol–water partition coefficient (Wildman–Crippen LogP) is 2.73. The molecule has 1 saturated heterocycles. The Morgan fingerprint density at radius 3 is 2.33 bits per heavy atom. The van der Waals surface area contributed by atoms with Crippen LogP contribution in [-0.4, -0.2) is 55.5 Å². The Morgan fingerprint density at radius 2 is 1.70 bits per heavy atom. The molecular formula is C20H23F2N3O2.